The third-order valence-electron chi connectivity index (χ3n) is 3.69. The molecule has 2 aromatic rings. The smallest absolute Gasteiger partial charge is 0.310 e. The number of anilines is 2. The molecule has 6 nitrogen and oxygen atoms in total. The number of thiazole rings is 1. The largest absolute Gasteiger partial charge is 0.469 e. The molecule has 1 heterocycles. The van der Waals surface area contributed by atoms with Gasteiger partial charge in [-0.25, -0.2) is 4.98 Å². The molecule has 0 saturated carbocycles. The second-order valence-corrected chi connectivity index (χ2v) is 6.08. The molecule has 0 aliphatic rings. The molecule has 24 heavy (non-hydrogen) atoms. The van der Waals surface area contributed by atoms with Gasteiger partial charge in [-0.2, -0.15) is 0 Å². The second-order valence-electron chi connectivity index (χ2n) is 5.25. The minimum Gasteiger partial charge on any atom is -0.469 e. The van der Waals surface area contributed by atoms with E-state index >= 15 is 0 Å². The van der Waals surface area contributed by atoms with Gasteiger partial charge in [0.2, 0.25) is 0 Å². The Morgan fingerprint density at radius 2 is 2.04 bits per heavy atom. The minimum absolute atomic E-state index is 0.239. The normalized spacial score (nSPS) is 11.6. The summed E-state index contributed by atoms with van der Waals surface area (Å²) < 4.78 is 4.72. The Labute approximate surface area is 145 Å². The summed E-state index contributed by atoms with van der Waals surface area (Å²) in [6.45, 7) is 2.12. The van der Waals surface area contributed by atoms with Gasteiger partial charge in [-0.1, -0.05) is 25.1 Å². The number of hydrogen-bond donors (Lipinski definition) is 1. The molecule has 1 amide bonds. The van der Waals surface area contributed by atoms with Crippen LogP contribution in [0.25, 0.3) is 0 Å². The number of nitrogens with one attached hydrogen (secondary N) is 1. The summed E-state index contributed by atoms with van der Waals surface area (Å²) in [5.41, 5.74) is 1.34. The van der Waals surface area contributed by atoms with Crippen molar-refractivity contribution in [1.82, 2.24) is 10.3 Å². The van der Waals surface area contributed by atoms with Crippen molar-refractivity contribution in [1.29, 1.82) is 0 Å². The third kappa shape index (κ3) is 4.32. The molecule has 7 heteroatoms. The zero-order valence-electron chi connectivity index (χ0n) is 14.0. The number of nitrogens with zero attached hydrogens (tertiary/aromatic N) is 2. The van der Waals surface area contributed by atoms with E-state index in [1.807, 2.05) is 49.2 Å². The monoisotopic (exact) mass is 347 g/mol. The second kappa shape index (κ2) is 8.44. The number of aromatic nitrogens is 1. The van der Waals surface area contributed by atoms with Crippen LogP contribution in [0.5, 0.6) is 0 Å². The fourth-order valence-electron chi connectivity index (χ4n) is 2.15. The van der Waals surface area contributed by atoms with Crippen LogP contribution in [0, 0.1) is 5.92 Å². The summed E-state index contributed by atoms with van der Waals surface area (Å²) >= 11 is 1.39. The van der Waals surface area contributed by atoms with Gasteiger partial charge in [0, 0.05) is 24.7 Å². The Hall–Kier alpha value is -2.41. The summed E-state index contributed by atoms with van der Waals surface area (Å²) in [5, 5.41) is 5.18. The van der Waals surface area contributed by atoms with E-state index in [-0.39, 0.29) is 24.3 Å². The van der Waals surface area contributed by atoms with Crippen LogP contribution in [0.15, 0.2) is 35.7 Å². The van der Waals surface area contributed by atoms with Gasteiger partial charge >= 0.3 is 5.97 Å². The topological polar surface area (TPSA) is 71.5 Å². The molecule has 1 unspecified atom stereocenters. The molecule has 0 aliphatic heterocycles. The maximum atomic E-state index is 12.2. The molecule has 128 valence electrons. The van der Waals surface area contributed by atoms with E-state index in [9.17, 15) is 9.59 Å². The molecule has 2 rings (SSSR count). The summed E-state index contributed by atoms with van der Waals surface area (Å²) in [6, 6.07) is 9.80. The number of carbonyl (C=O) groups excluding carboxylic acids is 2. The molecule has 0 radical (unpaired) electrons. The molecular formula is C17H21N3O3S. The molecule has 0 saturated heterocycles. The molecule has 1 aromatic carbocycles. The van der Waals surface area contributed by atoms with Gasteiger partial charge in [0.1, 0.15) is 5.69 Å². The average Bonchev–Trinajstić information content (AvgIpc) is 3.12. The fraction of sp³-hybridized carbons (Fsp3) is 0.353. The summed E-state index contributed by atoms with van der Waals surface area (Å²) in [4.78, 5) is 30.1. The van der Waals surface area contributed by atoms with Gasteiger partial charge < -0.3 is 15.0 Å². The highest BCUT2D eigenvalue weighted by atomic mass is 32.1. The lowest BCUT2D eigenvalue weighted by atomic mass is 10.1. The van der Waals surface area contributed by atoms with Gasteiger partial charge in [0.15, 0.2) is 5.13 Å². The molecule has 0 fully saturated rings. The number of esters is 1. The van der Waals surface area contributed by atoms with Crippen molar-refractivity contribution < 1.29 is 14.3 Å². The van der Waals surface area contributed by atoms with Crippen molar-refractivity contribution in [3.05, 3.63) is 41.4 Å². The van der Waals surface area contributed by atoms with E-state index in [1.54, 1.807) is 5.38 Å². The first-order valence-electron chi connectivity index (χ1n) is 7.67. The predicted octanol–water partition coefficient (Wildman–Crippen LogP) is 2.84. The van der Waals surface area contributed by atoms with Crippen LogP contribution in [-0.4, -0.2) is 37.6 Å². The molecule has 0 aliphatic carbocycles. The van der Waals surface area contributed by atoms with E-state index in [0.717, 1.165) is 10.8 Å². The standard InChI is InChI=1S/C17H21N3O3S/c1-4-12(16(22)23-3)10-18-15(21)14-11-24-17(19-14)20(2)13-8-6-5-7-9-13/h5-9,11-12H,4,10H2,1-3H3,(H,18,21). The highest BCUT2D eigenvalue weighted by Gasteiger charge is 2.19. The number of hydrogen-bond acceptors (Lipinski definition) is 6. The van der Waals surface area contributed by atoms with E-state index in [4.69, 9.17) is 4.74 Å². The lowest BCUT2D eigenvalue weighted by Gasteiger charge is -2.15. The molecule has 1 atom stereocenters. The van der Waals surface area contributed by atoms with Crippen molar-refractivity contribution >= 4 is 34.0 Å². The number of amides is 1. The van der Waals surface area contributed by atoms with Crippen LogP contribution in [0.1, 0.15) is 23.8 Å². The van der Waals surface area contributed by atoms with E-state index < -0.39 is 0 Å². The summed E-state index contributed by atoms with van der Waals surface area (Å²) in [6.07, 6.45) is 0.603. The zero-order chi connectivity index (χ0) is 17.5. The molecule has 1 N–H and O–H groups in total. The predicted molar refractivity (Wildman–Crippen MR) is 94.7 cm³/mol. The highest BCUT2D eigenvalue weighted by Crippen LogP contribution is 2.26. The number of para-hydroxylation sites is 1. The molecular weight excluding hydrogens is 326 g/mol. The Balaban J connectivity index is 1.99. The first-order chi connectivity index (χ1) is 11.6. The van der Waals surface area contributed by atoms with Crippen molar-refractivity contribution in [2.24, 2.45) is 5.92 Å². The molecule has 0 bridgehead atoms. The molecule has 0 spiro atoms. The summed E-state index contributed by atoms with van der Waals surface area (Å²) in [5.74, 6) is -0.953. The number of carbonyl (C=O) groups is 2. The highest BCUT2D eigenvalue weighted by molar-refractivity contribution is 7.14. The minimum atomic E-state index is -0.343. The number of rotatable bonds is 7. The maximum Gasteiger partial charge on any atom is 0.310 e. The van der Waals surface area contributed by atoms with Crippen molar-refractivity contribution in [3.63, 3.8) is 0 Å². The van der Waals surface area contributed by atoms with Crippen molar-refractivity contribution in [3.8, 4) is 0 Å². The number of methoxy groups -OCH3 is 1. The van der Waals surface area contributed by atoms with Gasteiger partial charge in [-0.05, 0) is 18.6 Å². The van der Waals surface area contributed by atoms with Crippen LogP contribution in [0.4, 0.5) is 10.8 Å². The third-order valence-corrected chi connectivity index (χ3v) is 4.61. The van der Waals surface area contributed by atoms with Gasteiger partial charge in [-0.3, -0.25) is 9.59 Å². The summed E-state index contributed by atoms with van der Waals surface area (Å²) in [7, 11) is 3.25. The zero-order valence-corrected chi connectivity index (χ0v) is 14.8. The Bertz CT molecular complexity index is 687. The van der Waals surface area contributed by atoms with Crippen LogP contribution in [0.3, 0.4) is 0 Å². The van der Waals surface area contributed by atoms with Crippen LogP contribution in [-0.2, 0) is 9.53 Å². The SMILES string of the molecule is CCC(CNC(=O)c1csc(N(C)c2ccccc2)n1)C(=O)OC. The van der Waals surface area contributed by atoms with Crippen LogP contribution in [0.2, 0.25) is 0 Å². The Morgan fingerprint density at radius 1 is 1.33 bits per heavy atom. The Morgan fingerprint density at radius 3 is 2.67 bits per heavy atom. The van der Waals surface area contributed by atoms with Gasteiger partial charge in [-0.15, -0.1) is 11.3 Å². The van der Waals surface area contributed by atoms with Crippen molar-refractivity contribution in [2.45, 2.75) is 13.3 Å². The van der Waals surface area contributed by atoms with Crippen LogP contribution >= 0.6 is 11.3 Å². The molecule has 1 aromatic heterocycles. The van der Waals surface area contributed by atoms with Gasteiger partial charge in [0.25, 0.3) is 5.91 Å². The van der Waals surface area contributed by atoms with E-state index in [0.29, 0.717) is 12.1 Å². The number of benzene rings is 1. The van der Waals surface area contributed by atoms with Crippen molar-refractivity contribution in [2.75, 3.05) is 25.6 Å². The van der Waals surface area contributed by atoms with Crippen LogP contribution < -0.4 is 10.2 Å². The van der Waals surface area contributed by atoms with Gasteiger partial charge in [0.05, 0.1) is 13.0 Å². The Kier molecular flexibility index (Phi) is 6.31. The lowest BCUT2D eigenvalue weighted by Crippen LogP contribution is -2.33. The number of ether oxygens (including phenoxy) is 1. The van der Waals surface area contributed by atoms with E-state index in [1.165, 1.54) is 18.4 Å². The quantitative estimate of drug-likeness (QED) is 0.780. The average molecular weight is 347 g/mol. The fourth-order valence-corrected chi connectivity index (χ4v) is 2.94. The lowest BCUT2D eigenvalue weighted by molar-refractivity contribution is -0.145. The first-order valence-corrected chi connectivity index (χ1v) is 8.55. The first kappa shape index (κ1) is 17.9. The maximum absolute atomic E-state index is 12.2. The van der Waals surface area contributed by atoms with E-state index in [2.05, 4.69) is 10.3 Å².